The van der Waals surface area contributed by atoms with E-state index >= 15 is 0 Å². The van der Waals surface area contributed by atoms with Crippen molar-refractivity contribution in [2.45, 2.75) is 19.8 Å². The molecule has 0 saturated carbocycles. The molecule has 1 saturated heterocycles. The number of hydrogen-bond acceptors (Lipinski definition) is 9. The number of allylic oxidation sites excluding steroid dienone is 1. The number of halogens is 2. The molecule has 0 unspecified atom stereocenters. The third-order valence-electron chi connectivity index (χ3n) is 4.16. The van der Waals surface area contributed by atoms with Crippen molar-refractivity contribution in [2.24, 2.45) is 10.1 Å². The maximum Gasteiger partial charge on any atom is 0.337 e. The molecule has 2 aromatic rings. The number of nitrogens with two attached hydrogens (primary N) is 1. The fourth-order valence-electron chi connectivity index (χ4n) is 2.93. The number of benzene rings is 1. The number of ether oxygens (including phenoxy) is 1. The molecule has 1 aromatic carbocycles. The number of esters is 1. The van der Waals surface area contributed by atoms with Gasteiger partial charge in [-0.3, -0.25) is 14.9 Å². The van der Waals surface area contributed by atoms with Gasteiger partial charge in [-0.25, -0.2) is 14.2 Å². The molecular formula is C20H25BrFN5O2S2. The Hall–Kier alpha value is -1.79. The monoisotopic (exact) mass is 529 g/mol. The van der Waals surface area contributed by atoms with Gasteiger partial charge in [-0.05, 0) is 57.1 Å². The van der Waals surface area contributed by atoms with Crippen LogP contribution in [-0.4, -0.2) is 48.4 Å². The van der Waals surface area contributed by atoms with E-state index in [9.17, 15) is 9.18 Å². The van der Waals surface area contributed by atoms with Crippen LogP contribution in [0.5, 0.6) is 0 Å². The Morgan fingerprint density at radius 1 is 1.48 bits per heavy atom. The number of rotatable bonds is 4. The first-order valence-electron chi connectivity index (χ1n) is 9.56. The highest BCUT2D eigenvalue weighted by Crippen LogP contribution is 2.31. The molecule has 7 nitrogen and oxygen atoms in total. The molecule has 3 N–H and O–H groups in total. The molecule has 11 heteroatoms. The van der Waals surface area contributed by atoms with Crippen LogP contribution in [0.15, 0.2) is 56.6 Å². The number of carbonyl (C=O) groups excluding carboxylic acids is 1. The average molecular weight is 530 g/mol. The summed E-state index contributed by atoms with van der Waals surface area (Å²) >= 11 is 5.80. The van der Waals surface area contributed by atoms with Crippen molar-refractivity contribution in [3.05, 3.63) is 62.4 Å². The second-order valence-electron chi connectivity index (χ2n) is 6.14. The summed E-state index contributed by atoms with van der Waals surface area (Å²) in [5.41, 5.74) is 1.78. The topological polar surface area (TPSA) is 92.8 Å². The minimum absolute atomic E-state index is 0.209. The summed E-state index contributed by atoms with van der Waals surface area (Å²) in [5.74, 6) is 0.460. The van der Waals surface area contributed by atoms with Gasteiger partial charge in [-0.2, -0.15) is 0 Å². The van der Waals surface area contributed by atoms with Crippen LogP contribution in [0.1, 0.15) is 24.8 Å². The SMILES string of the molecule is CCOC(=O)C1=C2CCCN2C(c2nccs2)=NC1.CNSN.Fc1cccc(Br)c1. The first-order chi connectivity index (χ1) is 15.0. The van der Waals surface area contributed by atoms with Gasteiger partial charge in [0.25, 0.3) is 0 Å². The second-order valence-corrected chi connectivity index (χ2v) is 8.59. The van der Waals surface area contributed by atoms with E-state index in [1.165, 1.54) is 12.1 Å². The predicted molar refractivity (Wildman–Crippen MR) is 128 cm³/mol. The Morgan fingerprint density at radius 2 is 2.26 bits per heavy atom. The van der Waals surface area contributed by atoms with Gasteiger partial charge in [-0.1, -0.05) is 22.0 Å². The number of amidine groups is 1. The van der Waals surface area contributed by atoms with Gasteiger partial charge >= 0.3 is 5.97 Å². The normalized spacial score (nSPS) is 14.6. The zero-order valence-electron chi connectivity index (χ0n) is 17.3. The maximum absolute atomic E-state index is 12.1. The highest BCUT2D eigenvalue weighted by atomic mass is 79.9. The minimum Gasteiger partial charge on any atom is -0.463 e. The molecule has 2 aliphatic heterocycles. The first-order valence-corrected chi connectivity index (χ1v) is 12.1. The van der Waals surface area contributed by atoms with Crippen molar-refractivity contribution in [3.8, 4) is 0 Å². The highest BCUT2D eigenvalue weighted by molar-refractivity contribution is 9.10. The van der Waals surface area contributed by atoms with E-state index in [2.05, 4.69) is 35.5 Å². The molecular weight excluding hydrogens is 505 g/mol. The number of aromatic nitrogens is 1. The summed E-state index contributed by atoms with van der Waals surface area (Å²) in [7, 11) is 1.77. The van der Waals surface area contributed by atoms with Crippen LogP contribution in [-0.2, 0) is 9.53 Å². The Labute approximate surface area is 198 Å². The van der Waals surface area contributed by atoms with Crippen LogP contribution in [0.3, 0.4) is 0 Å². The van der Waals surface area contributed by atoms with E-state index in [0.29, 0.717) is 18.7 Å². The molecule has 3 heterocycles. The standard InChI is InChI=1S/C13H15N3O2S.C6H4BrF.CH6N2S/c1-2-18-13(17)9-8-15-11(12-14-5-7-19-12)16-6-3-4-10(9)16;7-5-2-1-3-6(8)4-5;1-3-4-2/h5,7H,2-4,6,8H2,1H3;1-4H;3H,2H2,1H3. The van der Waals surface area contributed by atoms with Crippen molar-refractivity contribution in [2.75, 3.05) is 26.7 Å². The largest absolute Gasteiger partial charge is 0.463 e. The van der Waals surface area contributed by atoms with Gasteiger partial charge in [0, 0.05) is 28.3 Å². The van der Waals surface area contributed by atoms with Gasteiger partial charge in [0.15, 0.2) is 10.8 Å². The number of hydrogen-bond donors (Lipinski definition) is 2. The molecule has 1 aromatic heterocycles. The maximum atomic E-state index is 12.1. The van der Waals surface area contributed by atoms with Crippen molar-refractivity contribution in [1.82, 2.24) is 14.6 Å². The molecule has 0 aliphatic carbocycles. The summed E-state index contributed by atoms with van der Waals surface area (Å²) in [6.07, 6.45) is 3.74. The number of carbonyl (C=O) groups is 1. The lowest BCUT2D eigenvalue weighted by molar-refractivity contribution is -0.138. The van der Waals surface area contributed by atoms with E-state index in [1.54, 1.807) is 36.7 Å². The summed E-state index contributed by atoms with van der Waals surface area (Å²) < 4.78 is 20.6. The lowest BCUT2D eigenvalue weighted by Crippen LogP contribution is -2.33. The van der Waals surface area contributed by atoms with Gasteiger partial charge in [0.1, 0.15) is 5.82 Å². The fraction of sp³-hybridized carbons (Fsp3) is 0.350. The number of nitrogens with zero attached hydrogens (tertiary/aromatic N) is 3. The van der Waals surface area contributed by atoms with Crippen molar-refractivity contribution >= 4 is 51.2 Å². The highest BCUT2D eigenvalue weighted by Gasteiger charge is 2.32. The number of aliphatic imine (C=N–C) groups is 1. The summed E-state index contributed by atoms with van der Waals surface area (Å²) in [6.45, 7) is 3.53. The zero-order valence-corrected chi connectivity index (χ0v) is 20.5. The van der Waals surface area contributed by atoms with Gasteiger partial charge in [-0.15, -0.1) is 11.3 Å². The molecule has 2 aliphatic rings. The van der Waals surface area contributed by atoms with Gasteiger partial charge < -0.3 is 9.64 Å². The summed E-state index contributed by atoms with van der Waals surface area (Å²) in [4.78, 5) is 22.9. The van der Waals surface area contributed by atoms with E-state index in [0.717, 1.165) is 52.5 Å². The smallest absolute Gasteiger partial charge is 0.337 e. The quantitative estimate of drug-likeness (QED) is 0.454. The van der Waals surface area contributed by atoms with Crippen molar-refractivity contribution in [3.63, 3.8) is 0 Å². The minimum atomic E-state index is -0.230. The van der Waals surface area contributed by atoms with Crippen molar-refractivity contribution < 1.29 is 13.9 Å². The lowest BCUT2D eigenvalue weighted by atomic mass is 10.1. The molecule has 0 amide bonds. The van der Waals surface area contributed by atoms with Crippen LogP contribution >= 0.6 is 39.4 Å². The Bertz CT molecular complexity index is 889. The molecule has 4 rings (SSSR count). The third-order valence-corrected chi connectivity index (χ3v) is 5.66. The Balaban J connectivity index is 0.000000236. The molecule has 0 atom stereocenters. The lowest BCUT2D eigenvalue weighted by Gasteiger charge is -2.26. The Morgan fingerprint density at radius 3 is 2.81 bits per heavy atom. The third kappa shape index (κ3) is 7.69. The molecule has 31 heavy (non-hydrogen) atoms. The molecule has 0 bridgehead atoms. The van der Waals surface area contributed by atoms with Crippen LogP contribution < -0.4 is 9.86 Å². The predicted octanol–water partition coefficient (Wildman–Crippen LogP) is 4.13. The second kappa shape index (κ2) is 13.6. The summed E-state index contributed by atoms with van der Waals surface area (Å²) in [6, 6.07) is 6.26. The van der Waals surface area contributed by atoms with Gasteiger partial charge in [0.2, 0.25) is 0 Å². The van der Waals surface area contributed by atoms with E-state index in [1.807, 2.05) is 12.3 Å². The summed E-state index contributed by atoms with van der Waals surface area (Å²) in [5, 5.41) is 7.69. The van der Waals surface area contributed by atoms with Gasteiger partial charge in [0.05, 0.1) is 18.7 Å². The zero-order chi connectivity index (χ0) is 22.6. The van der Waals surface area contributed by atoms with E-state index in [-0.39, 0.29) is 11.8 Å². The van der Waals surface area contributed by atoms with Crippen LogP contribution in [0.4, 0.5) is 4.39 Å². The Kier molecular flexibility index (Phi) is 11.2. The number of fused-ring (bicyclic) bond motifs is 1. The number of thiazole rings is 1. The van der Waals surface area contributed by atoms with Crippen molar-refractivity contribution in [1.29, 1.82) is 0 Å². The van der Waals surface area contributed by atoms with E-state index in [4.69, 9.17) is 9.88 Å². The molecule has 1 fully saturated rings. The molecule has 168 valence electrons. The van der Waals surface area contributed by atoms with Crippen LogP contribution in [0, 0.1) is 5.82 Å². The van der Waals surface area contributed by atoms with E-state index < -0.39 is 0 Å². The average Bonchev–Trinajstić information content (AvgIpc) is 3.46. The first kappa shape index (κ1) is 25.5. The van der Waals surface area contributed by atoms with Crippen LogP contribution in [0.2, 0.25) is 0 Å². The molecule has 0 spiro atoms. The fourth-order valence-corrected chi connectivity index (χ4v) is 3.95. The number of nitrogens with one attached hydrogen (secondary N) is 1. The van der Waals surface area contributed by atoms with Crippen LogP contribution in [0.25, 0.3) is 0 Å². The molecule has 0 radical (unpaired) electrons.